The second-order valence-corrected chi connectivity index (χ2v) is 9.68. The summed E-state index contributed by atoms with van der Waals surface area (Å²) < 4.78 is 32.0. The first-order valence-corrected chi connectivity index (χ1v) is 12.9. The molecule has 0 saturated heterocycles. The van der Waals surface area contributed by atoms with Crippen LogP contribution in [0.5, 0.6) is 0 Å². The molecule has 4 heteroatoms. The SMILES string of the molecule is CCCCCCCCCCCCCCCCc1ccc(S(=O)(=O)O)c(C)c1C. The van der Waals surface area contributed by atoms with Crippen LogP contribution in [0.4, 0.5) is 0 Å². The summed E-state index contributed by atoms with van der Waals surface area (Å²) in [5.74, 6) is 0. The number of aryl methyl sites for hydroxylation is 1. The van der Waals surface area contributed by atoms with E-state index in [-0.39, 0.29) is 4.90 Å². The van der Waals surface area contributed by atoms with Gasteiger partial charge in [0, 0.05) is 0 Å². The molecule has 0 bridgehead atoms. The lowest BCUT2D eigenvalue weighted by Crippen LogP contribution is -2.04. The highest BCUT2D eigenvalue weighted by atomic mass is 32.2. The molecular formula is C24H42O3S. The number of hydrogen-bond donors (Lipinski definition) is 1. The molecule has 1 aromatic carbocycles. The molecule has 1 rings (SSSR count). The van der Waals surface area contributed by atoms with Crippen molar-refractivity contribution >= 4 is 10.1 Å². The Bertz CT molecular complexity index is 650. The van der Waals surface area contributed by atoms with Crippen LogP contribution in [0.15, 0.2) is 17.0 Å². The summed E-state index contributed by atoms with van der Waals surface area (Å²) in [6.07, 6.45) is 19.9. The van der Waals surface area contributed by atoms with E-state index in [1.54, 1.807) is 6.92 Å². The number of rotatable bonds is 16. The Morgan fingerprint density at radius 3 is 1.54 bits per heavy atom. The molecule has 3 nitrogen and oxygen atoms in total. The molecule has 0 saturated carbocycles. The third kappa shape index (κ3) is 10.1. The van der Waals surface area contributed by atoms with E-state index in [1.165, 1.54) is 95.1 Å². The summed E-state index contributed by atoms with van der Waals surface area (Å²) in [4.78, 5) is 0.0368. The summed E-state index contributed by atoms with van der Waals surface area (Å²) >= 11 is 0. The van der Waals surface area contributed by atoms with Crippen LogP contribution in [-0.2, 0) is 16.5 Å². The molecule has 0 fully saturated rings. The molecule has 28 heavy (non-hydrogen) atoms. The van der Waals surface area contributed by atoms with Crippen molar-refractivity contribution in [3.63, 3.8) is 0 Å². The van der Waals surface area contributed by atoms with Gasteiger partial charge in [-0.15, -0.1) is 0 Å². The minimum absolute atomic E-state index is 0.0368. The normalized spacial score (nSPS) is 11.9. The van der Waals surface area contributed by atoms with Crippen molar-refractivity contribution in [2.75, 3.05) is 0 Å². The van der Waals surface area contributed by atoms with Gasteiger partial charge in [-0.2, -0.15) is 8.42 Å². The fourth-order valence-electron chi connectivity index (χ4n) is 3.91. The molecule has 0 atom stereocenters. The van der Waals surface area contributed by atoms with Crippen molar-refractivity contribution in [1.29, 1.82) is 0 Å². The van der Waals surface area contributed by atoms with Crippen LogP contribution in [0.1, 0.15) is 114 Å². The van der Waals surface area contributed by atoms with E-state index in [0.29, 0.717) is 5.56 Å². The number of unbranched alkanes of at least 4 members (excludes halogenated alkanes) is 13. The molecule has 0 aliphatic rings. The van der Waals surface area contributed by atoms with Gasteiger partial charge in [0.15, 0.2) is 0 Å². The van der Waals surface area contributed by atoms with Crippen LogP contribution < -0.4 is 0 Å². The Kier molecular flexibility index (Phi) is 12.7. The lowest BCUT2D eigenvalue weighted by atomic mass is 9.98. The van der Waals surface area contributed by atoms with Gasteiger partial charge in [-0.05, 0) is 49.4 Å². The quantitative estimate of drug-likeness (QED) is 0.226. The molecule has 0 spiro atoms. The predicted molar refractivity (Wildman–Crippen MR) is 120 cm³/mol. The number of benzene rings is 1. The van der Waals surface area contributed by atoms with Gasteiger partial charge in [0.25, 0.3) is 10.1 Å². The van der Waals surface area contributed by atoms with Crippen molar-refractivity contribution < 1.29 is 13.0 Å². The lowest BCUT2D eigenvalue weighted by molar-refractivity contribution is 0.482. The van der Waals surface area contributed by atoms with Gasteiger partial charge in [0.1, 0.15) is 0 Å². The summed E-state index contributed by atoms with van der Waals surface area (Å²) in [6.45, 7) is 5.99. The van der Waals surface area contributed by atoms with Crippen molar-refractivity contribution in [3.05, 3.63) is 28.8 Å². The van der Waals surface area contributed by atoms with Gasteiger partial charge in [-0.25, -0.2) is 0 Å². The third-order valence-electron chi connectivity index (χ3n) is 5.93. The van der Waals surface area contributed by atoms with Gasteiger partial charge >= 0.3 is 0 Å². The Hall–Kier alpha value is -0.870. The fourth-order valence-corrected chi connectivity index (χ4v) is 4.69. The molecule has 0 aliphatic heterocycles. The first-order valence-electron chi connectivity index (χ1n) is 11.4. The average Bonchev–Trinajstić information content (AvgIpc) is 2.64. The first-order chi connectivity index (χ1) is 13.4. The minimum atomic E-state index is -4.12. The molecule has 0 heterocycles. The van der Waals surface area contributed by atoms with Gasteiger partial charge in [-0.3, -0.25) is 4.55 Å². The van der Waals surface area contributed by atoms with Crippen molar-refractivity contribution in [1.82, 2.24) is 0 Å². The standard InChI is InChI=1S/C24H42O3S/c1-4-5-6-7-8-9-10-11-12-13-14-15-16-17-18-23-19-20-24(28(25,26)27)22(3)21(23)2/h19-20H,4-18H2,1-3H3,(H,25,26,27). The third-order valence-corrected chi connectivity index (χ3v) is 6.93. The van der Waals surface area contributed by atoms with Gasteiger partial charge in [0.2, 0.25) is 0 Å². The van der Waals surface area contributed by atoms with Crippen molar-refractivity contribution in [2.24, 2.45) is 0 Å². The Morgan fingerprint density at radius 1 is 0.679 bits per heavy atom. The van der Waals surface area contributed by atoms with E-state index in [0.717, 1.165) is 18.4 Å². The fraction of sp³-hybridized carbons (Fsp3) is 0.750. The highest BCUT2D eigenvalue weighted by molar-refractivity contribution is 7.85. The van der Waals surface area contributed by atoms with Crippen molar-refractivity contribution in [3.8, 4) is 0 Å². The predicted octanol–water partition coefficient (Wildman–Crippen LogP) is 7.57. The van der Waals surface area contributed by atoms with Crippen LogP contribution in [-0.4, -0.2) is 13.0 Å². The Morgan fingerprint density at radius 2 is 1.11 bits per heavy atom. The average molecular weight is 411 g/mol. The molecular weight excluding hydrogens is 368 g/mol. The summed E-state index contributed by atoms with van der Waals surface area (Å²) in [5, 5.41) is 0. The van der Waals surface area contributed by atoms with E-state index < -0.39 is 10.1 Å². The first kappa shape index (κ1) is 25.2. The second kappa shape index (κ2) is 14.2. The van der Waals surface area contributed by atoms with Crippen LogP contribution >= 0.6 is 0 Å². The summed E-state index contributed by atoms with van der Waals surface area (Å²) in [7, 11) is -4.12. The van der Waals surface area contributed by atoms with Crippen LogP contribution in [0.2, 0.25) is 0 Å². The molecule has 0 aromatic heterocycles. The molecule has 0 unspecified atom stereocenters. The topological polar surface area (TPSA) is 54.4 Å². The van der Waals surface area contributed by atoms with Crippen LogP contribution in [0.25, 0.3) is 0 Å². The van der Waals surface area contributed by atoms with Gasteiger partial charge in [0.05, 0.1) is 4.90 Å². The van der Waals surface area contributed by atoms with Crippen molar-refractivity contribution in [2.45, 2.75) is 122 Å². The van der Waals surface area contributed by atoms with Gasteiger partial charge < -0.3 is 0 Å². The molecule has 1 aromatic rings. The zero-order valence-electron chi connectivity index (χ0n) is 18.4. The van der Waals surface area contributed by atoms with Crippen LogP contribution in [0, 0.1) is 13.8 Å². The number of hydrogen-bond acceptors (Lipinski definition) is 2. The molecule has 1 N–H and O–H groups in total. The van der Waals surface area contributed by atoms with E-state index in [1.807, 2.05) is 13.0 Å². The van der Waals surface area contributed by atoms with E-state index in [2.05, 4.69) is 6.92 Å². The smallest absolute Gasteiger partial charge is 0.282 e. The van der Waals surface area contributed by atoms with Crippen LogP contribution in [0.3, 0.4) is 0 Å². The molecule has 0 amide bonds. The van der Waals surface area contributed by atoms with E-state index in [9.17, 15) is 13.0 Å². The maximum Gasteiger partial charge on any atom is 0.294 e. The van der Waals surface area contributed by atoms with E-state index in [4.69, 9.17) is 0 Å². The molecule has 162 valence electrons. The van der Waals surface area contributed by atoms with E-state index >= 15 is 0 Å². The van der Waals surface area contributed by atoms with Gasteiger partial charge in [-0.1, -0.05) is 96.5 Å². The lowest BCUT2D eigenvalue weighted by Gasteiger charge is -2.12. The zero-order chi connectivity index (χ0) is 20.8. The maximum atomic E-state index is 11.4. The highest BCUT2D eigenvalue weighted by Gasteiger charge is 2.15. The highest BCUT2D eigenvalue weighted by Crippen LogP contribution is 2.23. The minimum Gasteiger partial charge on any atom is -0.282 e. The monoisotopic (exact) mass is 410 g/mol. The molecule has 0 aliphatic carbocycles. The Labute approximate surface area is 174 Å². The molecule has 0 radical (unpaired) electrons. The maximum absolute atomic E-state index is 11.4. The summed E-state index contributed by atoms with van der Waals surface area (Å²) in [6, 6.07) is 3.39. The summed E-state index contributed by atoms with van der Waals surface area (Å²) in [5.41, 5.74) is 2.86. The zero-order valence-corrected chi connectivity index (χ0v) is 19.2. The Balaban J connectivity index is 2.07. The largest absolute Gasteiger partial charge is 0.294 e. The second-order valence-electron chi connectivity index (χ2n) is 8.29.